The second kappa shape index (κ2) is 9.47. The topological polar surface area (TPSA) is 82.1 Å². The van der Waals surface area contributed by atoms with Crippen molar-refractivity contribution in [3.8, 4) is 5.75 Å². The molecule has 1 saturated heterocycles. The van der Waals surface area contributed by atoms with E-state index < -0.39 is 10.0 Å². The minimum Gasteiger partial charge on any atom is -0.495 e. The summed E-state index contributed by atoms with van der Waals surface area (Å²) in [6, 6.07) is 11.6. The second-order valence-electron chi connectivity index (χ2n) is 6.54. The number of likely N-dealkylation sites (N-methyl/N-ethyl adjacent to an activating group) is 1. The first-order chi connectivity index (χ1) is 12.9. The Hall–Kier alpha value is -2.00. The Morgan fingerprint density at radius 3 is 2.43 bits per heavy atom. The van der Waals surface area contributed by atoms with E-state index in [9.17, 15) is 13.5 Å². The Balaban J connectivity index is 0.00000280. The van der Waals surface area contributed by atoms with E-state index in [-0.39, 0.29) is 23.9 Å². The van der Waals surface area contributed by atoms with Gasteiger partial charge >= 0.3 is 0 Å². The van der Waals surface area contributed by atoms with Crippen molar-refractivity contribution in [1.29, 1.82) is 0 Å². The molecule has 154 valence electrons. The minimum absolute atomic E-state index is 0. The van der Waals surface area contributed by atoms with Gasteiger partial charge < -0.3 is 19.6 Å². The monoisotopic (exact) mass is 427 g/mol. The summed E-state index contributed by atoms with van der Waals surface area (Å²) in [6.07, 6.45) is 0. The number of halogens is 1. The van der Waals surface area contributed by atoms with Crippen molar-refractivity contribution in [1.82, 2.24) is 4.90 Å². The summed E-state index contributed by atoms with van der Waals surface area (Å²) in [5.41, 5.74) is 1.66. The summed E-state index contributed by atoms with van der Waals surface area (Å²) in [5, 5.41) is 9.43. The van der Waals surface area contributed by atoms with Crippen LogP contribution in [0, 0.1) is 0 Å². The highest BCUT2D eigenvalue weighted by Gasteiger charge is 2.22. The maximum Gasteiger partial charge on any atom is 0.261 e. The third-order valence-corrected chi connectivity index (χ3v) is 6.10. The molecule has 1 fully saturated rings. The predicted octanol–water partition coefficient (Wildman–Crippen LogP) is 2.16. The summed E-state index contributed by atoms with van der Waals surface area (Å²) >= 11 is 0. The van der Waals surface area contributed by atoms with Crippen LogP contribution in [0.15, 0.2) is 47.4 Å². The second-order valence-corrected chi connectivity index (χ2v) is 8.23. The lowest BCUT2D eigenvalue weighted by molar-refractivity contribution is 0.282. The van der Waals surface area contributed by atoms with Crippen LogP contribution in [0.25, 0.3) is 0 Å². The standard InChI is InChI=1S/C19H25N3O4S.ClH/c1-21-9-11-22(12-10-21)18-13-16(7-8-19(18)26-2)27(24,25)20-17-6-4-3-5-15(17)14-23;/h3-8,13,20,23H,9-12,14H2,1-2H3;1H. The van der Waals surface area contributed by atoms with Crippen molar-refractivity contribution in [3.63, 3.8) is 0 Å². The molecule has 0 radical (unpaired) electrons. The number of hydrogen-bond donors (Lipinski definition) is 2. The van der Waals surface area contributed by atoms with E-state index in [4.69, 9.17) is 4.74 Å². The fourth-order valence-electron chi connectivity index (χ4n) is 3.09. The Morgan fingerprint density at radius 2 is 1.79 bits per heavy atom. The fraction of sp³-hybridized carbons (Fsp3) is 0.368. The molecule has 1 aliphatic rings. The van der Waals surface area contributed by atoms with Crippen LogP contribution in [-0.4, -0.2) is 58.8 Å². The Morgan fingerprint density at radius 1 is 1.11 bits per heavy atom. The zero-order valence-corrected chi connectivity index (χ0v) is 17.6. The third-order valence-electron chi connectivity index (χ3n) is 4.74. The van der Waals surface area contributed by atoms with Gasteiger partial charge in [0.25, 0.3) is 10.0 Å². The molecule has 0 saturated carbocycles. The predicted molar refractivity (Wildman–Crippen MR) is 113 cm³/mol. The Labute approximate surface area is 172 Å². The summed E-state index contributed by atoms with van der Waals surface area (Å²) in [6.45, 7) is 3.17. The van der Waals surface area contributed by atoms with Crippen molar-refractivity contribution in [2.75, 3.05) is 50.0 Å². The van der Waals surface area contributed by atoms with Crippen LogP contribution >= 0.6 is 12.4 Å². The quantitative estimate of drug-likeness (QED) is 0.735. The van der Waals surface area contributed by atoms with Crippen LogP contribution in [0.3, 0.4) is 0 Å². The zero-order chi connectivity index (χ0) is 19.4. The van der Waals surface area contributed by atoms with Gasteiger partial charge in [0.1, 0.15) is 5.75 Å². The normalized spacial score (nSPS) is 15.0. The first-order valence-electron chi connectivity index (χ1n) is 8.77. The number of methoxy groups -OCH3 is 1. The molecule has 1 heterocycles. The number of benzene rings is 2. The van der Waals surface area contributed by atoms with Crippen molar-refractivity contribution in [3.05, 3.63) is 48.0 Å². The van der Waals surface area contributed by atoms with E-state index in [1.807, 2.05) is 0 Å². The van der Waals surface area contributed by atoms with Crippen molar-refractivity contribution in [2.24, 2.45) is 0 Å². The van der Waals surface area contributed by atoms with Crippen molar-refractivity contribution < 1.29 is 18.3 Å². The van der Waals surface area contributed by atoms with E-state index in [2.05, 4.69) is 21.6 Å². The molecule has 0 aromatic heterocycles. The van der Waals surface area contributed by atoms with Crippen LogP contribution in [0.2, 0.25) is 0 Å². The third kappa shape index (κ3) is 4.88. The van der Waals surface area contributed by atoms with Crippen molar-refractivity contribution >= 4 is 33.8 Å². The number of rotatable bonds is 6. The van der Waals surface area contributed by atoms with Crippen molar-refractivity contribution in [2.45, 2.75) is 11.5 Å². The molecular weight excluding hydrogens is 402 g/mol. The van der Waals surface area contributed by atoms with Crippen LogP contribution in [0.4, 0.5) is 11.4 Å². The molecule has 2 aromatic rings. The first-order valence-corrected chi connectivity index (χ1v) is 10.3. The van der Waals surface area contributed by atoms with Gasteiger partial charge in [-0.2, -0.15) is 0 Å². The number of nitrogens with one attached hydrogen (secondary N) is 1. The fourth-order valence-corrected chi connectivity index (χ4v) is 4.21. The molecule has 0 aliphatic carbocycles. The number of aliphatic hydroxyl groups is 1. The van der Waals surface area contributed by atoms with Crippen LogP contribution in [-0.2, 0) is 16.6 Å². The Bertz CT molecular complexity index is 900. The van der Waals surface area contributed by atoms with E-state index >= 15 is 0 Å². The van der Waals surface area contributed by atoms with E-state index in [0.717, 1.165) is 31.9 Å². The van der Waals surface area contributed by atoms with E-state index in [1.54, 1.807) is 43.5 Å². The van der Waals surface area contributed by atoms with Gasteiger partial charge in [-0.05, 0) is 31.3 Å². The molecule has 2 aromatic carbocycles. The smallest absolute Gasteiger partial charge is 0.261 e. The average Bonchev–Trinajstić information content (AvgIpc) is 2.68. The van der Waals surface area contributed by atoms with Gasteiger partial charge in [0, 0.05) is 31.7 Å². The van der Waals surface area contributed by atoms with Gasteiger partial charge in [-0.25, -0.2) is 8.42 Å². The highest BCUT2D eigenvalue weighted by Crippen LogP contribution is 2.32. The SMILES string of the molecule is COc1ccc(S(=O)(=O)Nc2ccccc2CO)cc1N1CCN(C)CC1.Cl. The number of hydrogen-bond acceptors (Lipinski definition) is 6. The lowest BCUT2D eigenvalue weighted by Gasteiger charge is -2.34. The first kappa shape index (κ1) is 22.3. The number of anilines is 2. The molecule has 0 atom stereocenters. The average molecular weight is 428 g/mol. The number of ether oxygens (including phenoxy) is 1. The van der Waals surface area contributed by atoms with Gasteiger partial charge in [-0.3, -0.25) is 4.72 Å². The van der Waals surface area contributed by atoms with Gasteiger partial charge in [0.2, 0.25) is 0 Å². The number of para-hydroxylation sites is 1. The summed E-state index contributed by atoms with van der Waals surface area (Å²) in [7, 11) is -0.147. The molecular formula is C19H26ClN3O4S. The van der Waals surface area contributed by atoms with Crippen LogP contribution < -0.4 is 14.4 Å². The molecule has 2 N–H and O–H groups in total. The number of piperazine rings is 1. The van der Waals surface area contributed by atoms with E-state index in [1.165, 1.54) is 6.07 Å². The molecule has 0 spiro atoms. The molecule has 9 heteroatoms. The summed E-state index contributed by atoms with van der Waals surface area (Å²) in [5.74, 6) is 0.647. The maximum absolute atomic E-state index is 12.9. The molecule has 1 aliphatic heterocycles. The van der Waals surface area contributed by atoms with Gasteiger partial charge in [0.05, 0.1) is 30.0 Å². The molecule has 3 rings (SSSR count). The highest BCUT2D eigenvalue weighted by atomic mass is 35.5. The Kier molecular flexibility index (Phi) is 7.54. The lowest BCUT2D eigenvalue weighted by Crippen LogP contribution is -2.44. The van der Waals surface area contributed by atoms with Gasteiger partial charge in [0.15, 0.2) is 0 Å². The number of aliphatic hydroxyl groups excluding tert-OH is 1. The lowest BCUT2D eigenvalue weighted by atomic mass is 10.2. The molecule has 7 nitrogen and oxygen atoms in total. The largest absolute Gasteiger partial charge is 0.495 e. The van der Waals surface area contributed by atoms with Crippen LogP contribution in [0.1, 0.15) is 5.56 Å². The molecule has 28 heavy (non-hydrogen) atoms. The number of sulfonamides is 1. The van der Waals surface area contributed by atoms with Gasteiger partial charge in [-0.1, -0.05) is 18.2 Å². The highest BCUT2D eigenvalue weighted by molar-refractivity contribution is 7.92. The summed E-state index contributed by atoms with van der Waals surface area (Å²) in [4.78, 5) is 4.53. The molecule has 0 unspecified atom stereocenters. The number of nitrogens with zero attached hydrogens (tertiary/aromatic N) is 2. The molecule has 0 amide bonds. The minimum atomic E-state index is -3.80. The van der Waals surface area contributed by atoms with Gasteiger partial charge in [-0.15, -0.1) is 12.4 Å². The zero-order valence-electron chi connectivity index (χ0n) is 16.0. The summed E-state index contributed by atoms with van der Waals surface area (Å²) < 4.78 is 33.8. The maximum atomic E-state index is 12.9. The van der Waals surface area contributed by atoms with Crippen LogP contribution in [0.5, 0.6) is 5.75 Å². The van der Waals surface area contributed by atoms with E-state index in [0.29, 0.717) is 17.0 Å². The molecule has 0 bridgehead atoms.